The third-order valence-electron chi connectivity index (χ3n) is 3.43. The Kier molecular flexibility index (Phi) is 5.74. The van der Waals surface area contributed by atoms with Gasteiger partial charge in [0.2, 0.25) is 0 Å². The van der Waals surface area contributed by atoms with Crippen molar-refractivity contribution in [1.82, 2.24) is 5.32 Å². The molecule has 0 radical (unpaired) electrons. The van der Waals surface area contributed by atoms with Gasteiger partial charge in [0.05, 0.1) is 0 Å². The van der Waals surface area contributed by atoms with Gasteiger partial charge in [-0.05, 0) is 47.9 Å². The number of nitrogens with one attached hydrogen (secondary N) is 1. The molecule has 1 unspecified atom stereocenters. The quantitative estimate of drug-likeness (QED) is 0.786. The van der Waals surface area contributed by atoms with Gasteiger partial charge in [-0.25, -0.2) is 4.39 Å². The van der Waals surface area contributed by atoms with E-state index in [-0.39, 0.29) is 5.82 Å². The highest BCUT2D eigenvalue weighted by molar-refractivity contribution is 7.09. The molecule has 0 bridgehead atoms. The number of halogens is 1. The fourth-order valence-corrected chi connectivity index (χ4v) is 3.00. The highest BCUT2D eigenvalue weighted by Crippen LogP contribution is 2.23. The zero-order valence-corrected chi connectivity index (χ0v) is 12.9. The summed E-state index contributed by atoms with van der Waals surface area (Å²) in [5, 5.41) is 5.62. The summed E-state index contributed by atoms with van der Waals surface area (Å²) in [6.45, 7) is 5.25. The third kappa shape index (κ3) is 4.73. The zero-order chi connectivity index (χ0) is 14.4. The summed E-state index contributed by atoms with van der Waals surface area (Å²) >= 11 is 1.81. The van der Waals surface area contributed by atoms with E-state index in [0.717, 1.165) is 19.4 Å². The number of thiophene rings is 1. The van der Waals surface area contributed by atoms with E-state index < -0.39 is 0 Å². The van der Waals surface area contributed by atoms with Crippen LogP contribution in [0.4, 0.5) is 4.39 Å². The van der Waals surface area contributed by atoms with E-state index in [0.29, 0.717) is 12.0 Å². The molecule has 1 atom stereocenters. The highest BCUT2D eigenvalue weighted by Gasteiger charge is 2.12. The molecule has 1 aromatic heterocycles. The van der Waals surface area contributed by atoms with Gasteiger partial charge in [-0.1, -0.05) is 32.0 Å². The first-order valence-corrected chi connectivity index (χ1v) is 8.04. The van der Waals surface area contributed by atoms with Gasteiger partial charge in [0.25, 0.3) is 0 Å². The Morgan fingerprint density at radius 3 is 2.50 bits per heavy atom. The number of hydrogen-bond acceptors (Lipinski definition) is 2. The molecule has 20 heavy (non-hydrogen) atoms. The van der Waals surface area contributed by atoms with Crippen LogP contribution in [-0.4, -0.2) is 12.6 Å². The molecule has 1 aromatic carbocycles. The first-order chi connectivity index (χ1) is 9.65. The van der Waals surface area contributed by atoms with Crippen molar-refractivity contribution in [3.05, 3.63) is 58.0 Å². The molecule has 0 saturated heterocycles. The molecule has 0 fully saturated rings. The maximum atomic E-state index is 13.1. The molecular weight excluding hydrogens is 269 g/mol. The van der Waals surface area contributed by atoms with Crippen molar-refractivity contribution in [3.63, 3.8) is 0 Å². The van der Waals surface area contributed by atoms with E-state index >= 15 is 0 Å². The average molecular weight is 291 g/mol. The van der Waals surface area contributed by atoms with Crippen molar-refractivity contribution >= 4 is 11.3 Å². The van der Waals surface area contributed by atoms with Crippen molar-refractivity contribution in [3.8, 4) is 0 Å². The fraction of sp³-hybridized carbons (Fsp3) is 0.412. The van der Waals surface area contributed by atoms with E-state index in [1.807, 2.05) is 12.1 Å². The molecule has 0 aliphatic carbocycles. The van der Waals surface area contributed by atoms with Crippen molar-refractivity contribution in [2.45, 2.75) is 38.6 Å². The Labute approximate surface area is 124 Å². The molecule has 1 N–H and O–H groups in total. The van der Waals surface area contributed by atoms with Crippen LogP contribution >= 0.6 is 11.3 Å². The molecular formula is C17H22FNS. The van der Waals surface area contributed by atoms with Gasteiger partial charge >= 0.3 is 0 Å². The SMILES string of the molecule is CC(C)NCC(CCc1cccs1)c1ccc(F)cc1. The van der Waals surface area contributed by atoms with E-state index in [1.165, 1.54) is 10.4 Å². The molecule has 2 rings (SSSR count). The minimum absolute atomic E-state index is 0.164. The minimum atomic E-state index is -0.164. The maximum Gasteiger partial charge on any atom is 0.123 e. The van der Waals surface area contributed by atoms with Crippen molar-refractivity contribution < 1.29 is 4.39 Å². The van der Waals surface area contributed by atoms with Gasteiger partial charge in [0, 0.05) is 17.5 Å². The second kappa shape index (κ2) is 7.55. The van der Waals surface area contributed by atoms with E-state index in [1.54, 1.807) is 23.5 Å². The summed E-state index contributed by atoms with van der Waals surface area (Å²) in [4.78, 5) is 1.42. The molecule has 108 valence electrons. The van der Waals surface area contributed by atoms with Crippen LogP contribution < -0.4 is 5.32 Å². The Morgan fingerprint density at radius 2 is 1.90 bits per heavy atom. The van der Waals surface area contributed by atoms with Gasteiger partial charge in [0.1, 0.15) is 5.82 Å². The lowest BCUT2D eigenvalue weighted by molar-refractivity contribution is 0.508. The summed E-state index contributed by atoms with van der Waals surface area (Å²) < 4.78 is 13.1. The Balaban J connectivity index is 2.01. The number of hydrogen-bond donors (Lipinski definition) is 1. The Morgan fingerprint density at radius 1 is 1.15 bits per heavy atom. The lowest BCUT2D eigenvalue weighted by atomic mass is 9.93. The van der Waals surface area contributed by atoms with Gasteiger partial charge in [-0.2, -0.15) is 0 Å². The van der Waals surface area contributed by atoms with Crippen molar-refractivity contribution in [1.29, 1.82) is 0 Å². The summed E-state index contributed by atoms with van der Waals surface area (Å²) in [6, 6.07) is 11.7. The van der Waals surface area contributed by atoms with Crippen LogP contribution in [0.25, 0.3) is 0 Å². The van der Waals surface area contributed by atoms with E-state index in [4.69, 9.17) is 0 Å². The number of benzene rings is 1. The molecule has 0 aliphatic heterocycles. The molecule has 0 saturated carbocycles. The van der Waals surface area contributed by atoms with Crippen LogP contribution in [0.2, 0.25) is 0 Å². The maximum absolute atomic E-state index is 13.1. The second-order valence-corrected chi connectivity index (χ2v) is 6.46. The zero-order valence-electron chi connectivity index (χ0n) is 12.1. The normalized spacial score (nSPS) is 12.8. The van der Waals surface area contributed by atoms with Crippen LogP contribution in [0.5, 0.6) is 0 Å². The predicted molar refractivity (Wildman–Crippen MR) is 84.9 cm³/mol. The molecule has 1 heterocycles. The van der Waals surface area contributed by atoms with E-state index in [2.05, 4.69) is 36.7 Å². The van der Waals surface area contributed by atoms with Gasteiger partial charge in [0.15, 0.2) is 0 Å². The summed E-state index contributed by atoms with van der Waals surface area (Å²) in [6.07, 6.45) is 2.17. The minimum Gasteiger partial charge on any atom is -0.314 e. The number of rotatable bonds is 7. The van der Waals surface area contributed by atoms with Gasteiger partial charge < -0.3 is 5.32 Å². The van der Waals surface area contributed by atoms with Crippen molar-refractivity contribution in [2.24, 2.45) is 0 Å². The topological polar surface area (TPSA) is 12.0 Å². The summed E-state index contributed by atoms with van der Waals surface area (Å²) in [5.41, 5.74) is 1.22. The largest absolute Gasteiger partial charge is 0.314 e. The molecule has 1 nitrogen and oxygen atoms in total. The molecule has 2 aromatic rings. The van der Waals surface area contributed by atoms with E-state index in [9.17, 15) is 4.39 Å². The molecule has 0 aliphatic rings. The van der Waals surface area contributed by atoms with Crippen LogP contribution in [0.15, 0.2) is 41.8 Å². The molecule has 3 heteroatoms. The van der Waals surface area contributed by atoms with Gasteiger partial charge in [-0.3, -0.25) is 0 Å². The van der Waals surface area contributed by atoms with Gasteiger partial charge in [-0.15, -0.1) is 11.3 Å². The average Bonchev–Trinajstić information content (AvgIpc) is 2.93. The van der Waals surface area contributed by atoms with Crippen LogP contribution in [0, 0.1) is 5.82 Å². The Bertz CT molecular complexity index is 490. The molecule has 0 amide bonds. The van der Waals surface area contributed by atoms with Crippen LogP contribution in [0.3, 0.4) is 0 Å². The summed E-state index contributed by atoms with van der Waals surface area (Å²) in [5.74, 6) is 0.266. The third-order valence-corrected chi connectivity index (χ3v) is 4.37. The van der Waals surface area contributed by atoms with Crippen molar-refractivity contribution in [2.75, 3.05) is 6.54 Å². The second-order valence-electron chi connectivity index (χ2n) is 5.43. The first kappa shape index (κ1) is 15.2. The van der Waals surface area contributed by atoms with Crippen LogP contribution in [0.1, 0.15) is 36.6 Å². The highest BCUT2D eigenvalue weighted by atomic mass is 32.1. The fourth-order valence-electron chi connectivity index (χ4n) is 2.27. The first-order valence-electron chi connectivity index (χ1n) is 7.16. The number of aryl methyl sites for hydroxylation is 1. The smallest absolute Gasteiger partial charge is 0.123 e. The lowest BCUT2D eigenvalue weighted by Gasteiger charge is -2.19. The lowest BCUT2D eigenvalue weighted by Crippen LogP contribution is -2.28. The monoisotopic (exact) mass is 291 g/mol. The van der Waals surface area contributed by atoms with Crippen LogP contribution in [-0.2, 0) is 6.42 Å². The standard InChI is InChI=1S/C17H22FNS/c1-13(2)19-12-15(7-10-17-4-3-11-20-17)14-5-8-16(18)9-6-14/h3-6,8-9,11,13,15,19H,7,10,12H2,1-2H3. The summed E-state index contributed by atoms with van der Waals surface area (Å²) in [7, 11) is 0. The predicted octanol–water partition coefficient (Wildman–Crippen LogP) is 4.60. The molecule has 0 spiro atoms. The Hall–Kier alpha value is -1.19.